The number of hydrogen-bond acceptors (Lipinski definition) is 3. The minimum absolute atomic E-state index is 0.539. The summed E-state index contributed by atoms with van der Waals surface area (Å²) in [7, 11) is 0. The summed E-state index contributed by atoms with van der Waals surface area (Å²) in [5.41, 5.74) is 6.36. The third-order valence-corrected chi connectivity index (χ3v) is 1.41. The SMILES string of the molecule is NCc1coc(CS)c1. The monoisotopic (exact) mass is 143 g/mol. The van der Waals surface area contributed by atoms with E-state index >= 15 is 0 Å². The van der Waals surface area contributed by atoms with Crippen molar-refractivity contribution in [3.63, 3.8) is 0 Å². The second-order valence-electron chi connectivity index (χ2n) is 1.78. The molecule has 0 spiro atoms. The molecule has 0 aliphatic rings. The molecule has 1 rings (SSSR count). The van der Waals surface area contributed by atoms with Crippen LogP contribution in [-0.2, 0) is 12.3 Å². The van der Waals surface area contributed by atoms with E-state index in [1.165, 1.54) is 0 Å². The van der Waals surface area contributed by atoms with Crippen LogP contribution in [0.25, 0.3) is 0 Å². The predicted molar refractivity (Wildman–Crippen MR) is 39.3 cm³/mol. The van der Waals surface area contributed by atoms with E-state index in [-0.39, 0.29) is 0 Å². The average Bonchev–Trinajstić information content (AvgIpc) is 2.34. The maximum absolute atomic E-state index is 5.33. The molecule has 0 fully saturated rings. The first kappa shape index (κ1) is 6.71. The van der Waals surface area contributed by atoms with Crippen molar-refractivity contribution < 1.29 is 4.42 Å². The van der Waals surface area contributed by atoms with Crippen molar-refractivity contribution in [3.8, 4) is 0 Å². The molecule has 2 N–H and O–H groups in total. The molecule has 0 radical (unpaired) electrons. The van der Waals surface area contributed by atoms with E-state index in [4.69, 9.17) is 10.2 Å². The Bertz CT molecular complexity index is 166. The Kier molecular flexibility index (Phi) is 2.19. The highest BCUT2D eigenvalue weighted by Gasteiger charge is 1.95. The molecule has 0 saturated heterocycles. The van der Waals surface area contributed by atoms with Crippen molar-refractivity contribution in [1.29, 1.82) is 0 Å². The van der Waals surface area contributed by atoms with Crippen LogP contribution in [0.5, 0.6) is 0 Å². The highest BCUT2D eigenvalue weighted by molar-refractivity contribution is 7.79. The molecule has 9 heavy (non-hydrogen) atoms. The van der Waals surface area contributed by atoms with Crippen molar-refractivity contribution >= 4 is 12.6 Å². The van der Waals surface area contributed by atoms with Crippen LogP contribution in [0.15, 0.2) is 16.7 Å². The molecule has 1 aromatic rings. The molecule has 0 aromatic carbocycles. The minimum atomic E-state index is 0.539. The summed E-state index contributed by atoms with van der Waals surface area (Å²) in [6.07, 6.45) is 1.66. The number of nitrogens with two attached hydrogens (primary N) is 1. The lowest BCUT2D eigenvalue weighted by molar-refractivity contribution is 0.528. The molecule has 3 heteroatoms. The summed E-state index contributed by atoms with van der Waals surface area (Å²) in [6, 6.07) is 1.91. The Hall–Kier alpha value is -0.410. The van der Waals surface area contributed by atoms with E-state index < -0.39 is 0 Å². The van der Waals surface area contributed by atoms with Crippen LogP contribution in [0.1, 0.15) is 11.3 Å². The largest absolute Gasteiger partial charge is 0.468 e. The fourth-order valence-corrected chi connectivity index (χ4v) is 0.782. The van der Waals surface area contributed by atoms with Gasteiger partial charge in [-0.25, -0.2) is 0 Å². The van der Waals surface area contributed by atoms with Gasteiger partial charge < -0.3 is 10.2 Å². The third kappa shape index (κ3) is 1.50. The van der Waals surface area contributed by atoms with Gasteiger partial charge in [-0.05, 0) is 6.07 Å². The van der Waals surface area contributed by atoms with Gasteiger partial charge in [0.15, 0.2) is 0 Å². The molecule has 0 bridgehead atoms. The van der Waals surface area contributed by atoms with Gasteiger partial charge in [0.2, 0.25) is 0 Å². The van der Waals surface area contributed by atoms with Crippen LogP contribution in [0.4, 0.5) is 0 Å². The summed E-state index contributed by atoms with van der Waals surface area (Å²) >= 11 is 4.03. The second kappa shape index (κ2) is 2.94. The Labute approximate surface area is 59.5 Å². The first-order chi connectivity index (χ1) is 4.36. The highest BCUT2D eigenvalue weighted by Crippen LogP contribution is 2.08. The van der Waals surface area contributed by atoms with E-state index in [2.05, 4.69) is 12.6 Å². The zero-order chi connectivity index (χ0) is 6.69. The molecule has 0 saturated carbocycles. The lowest BCUT2D eigenvalue weighted by Crippen LogP contribution is -1.92. The van der Waals surface area contributed by atoms with Gasteiger partial charge in [0.1, 0.15) is 5.76 Å². The number of hydrogen-bond donors (Lipinski definition) is 2. The zero-order valence-electron chi connectivity index (χ0n) is 5.00. The van der Waals surface area contributed by atoms with Crippen LogP contribution in [-0.4, -0.2) is 0 Å². The number of rotatable bonds is 2. The average molecular weight is 143 g/mol. The van der Waals surface area contributed by atoms with Gasteiger partial charge in [0, 0.05) is 17.9 Å². The van der Waals surface area contributed by atoms with E-state index in [0.717, 1.165) is 11.3 Å². The Balaban J connectivity index is 2.74. The molecular weight excluding hydrogens is 134 g/mol. The molecule has 1 aromatic heterocycles. The maximum atomic E-state index is 5.33. The summed E-state index contributed by atoms with van der Waals surface area (Å²) in [5.74, 6) is 1.51. The summed E-state index contributed by atoms with van der Waals surface area (Å²) < 4.78 is 5.05. The molecule has 0 amide bonds. The van der Waals surface area contributed by atoms with Crippen LogP contribution >= 0.6 is 12.6 Å². The number of furan rings is 1. The van der Waals surface area contributed by atoms with Crippen molar-refractivity contribution in [2.45, 2.75) is 12.3 Å². The maximum Gasteiger partial charge on any atom is 0.113 e. The Morgan fingerprint density at radius 1 is 1.67 bits per heavy atom. The first-order valence-electron chi connectivity index (χ1n) is 2.74. The summed E-state index contributed by atoms with van der Waals surface area (Å²) in [5, 5.41) is 0. The van der Waals surface area contributed by atoms with Crippen molar-refractivity contribution in [2.24, 2.45) is 5.73 Å². The van der Waals surface area contributed by atoms with Crippen LogP contribution in [0, 0.1) is 0 Å². The summed E-state index contributed by atoms with van der Waals surface area (Å²) in [4.78, 5) is 0. The zero-order valence-corrected chi connectivity index (χ0v) is 5.90. The second-order valence-corrected chi connectivity index (χ2v) is 2.10. The van der Waals surface area contributed by atoms with E-state index in [1.807, 2.05) is 6.07 Å². The number of thiol groups is 1. The van der Waals surface area contributed by atoms with Gasteiger partial charge in [0.25, 0.3) is 0 Å². The lowest BCUT2D eigenvalue weighted by atomic mass is 10.3. The topological polar surface area (TPSA) is 39.2 Å². The predicted octanol–water partition coefficient (Wildman–Crippen LogP) is 1.17. The van der Waals surface area contributed by atoms with Crippen LogP contribution < -0.4 is 5.73 Å². The van der Waals surface area contributed by atoms with Gasteiger partial charge in [-0.3, -0.25) is 0 Å². The summed E-state index contributed by atoms with van der Waals surface area (Å²) in [6.45, 7) is 0.539. The van der Waals surface area contributed by atoms with Crippen LogP contribution in [0.2, 0.25) is 0 Å². The quantitative estimate of drug-likeness (QED) is 0.610. The van der Waals surface area contributed by atoms with Crippen LogP contribution in [0.3, 0.4) is 0 Å². The lowest BCUT2D eigenvalue weighted by Gasteiger charge is -1.81. The van der Waals surface area contributed by atoms with Gasteiger partial charge >= 0.3 is 0 Å². The van der Waals surface area contributed by atoms with E-state index in [9.17, 15) is 0 Å². The molecule has 0 aliphatic heterocycles. The van der Waals surface area contributed by atoms with Gasteiger partial charge in [-0.1, -0.05) is 0 Å². The first-order valence-corrected chi connectivity index (χ1v) is 3.37. The third-order valence-electron chi connectivity index (χ3n) is 1.10. The normalized spacial score (nSPS) is 10.0. The fraction of sp³-hybridized carbons (Fsp3) is 0.333. The molecule has 1 heterocycles. The standard InChI is InChI=1S/C6H9NOS/c7-2-5-1-6(4-9)8-3-5/h1,3,9H,2,4,7H2. The van der Waals surface area contributed by atoms with Crippen molar-refractivity contribution in [1.82, 2.24) is 0 Å². The van der Waals surface area contributed by atoms with Gasteiger partial charge in [-0.15, -0.1) is 0 Å². The molecule has 0 unspecified atom stereocenters. The van der Waals surface area contributed by atoms with E-state index in [1.54, 1.807) is 6.26 Å². The van der Waals surface area contributed by atoms with Crippen molar-refractivity contribution in [2.75, 3.05) is 0 Å². The van der Waals surface area contributed by atoms with Gasteiger partial charge in [-0.2, -0.15) is 12.6 Å². The molecule has 2 nitrogen and oxygen atoms in total. The molecular formula is C6H9NOS. The smallest absolute Gasteiger partial charge is 0.113 e. The molecule has 0 aliphatic carbocycles. The van der Waals surface area contributed by atoms with Crippen molar-refractivity contribution in [3.05, 3.63) is 23.7 Å². The Morgan fingerprint density at radius 2 is 2.44 bits per heavy atom. The molecule has 0 atom stereocenters. The minimum Gasteiger partial charge on any atom is -0.468 e. The van der Waals surface area contributed by atoms with Gasteiger partial charge in [0.05, 0.1) is 6.26 Å². The highest BCUT2D eigenvalue weighted by atomic mass is 32.1. The molecule has 50 valence electrons. The Morgan fingerprint density at radius 3 is 2.78 bits per heavy atom. The fourth-order valence-electron chi connectivity index (χ4n) is 0.616. The van der Waals surface area contributed by atoms with E-state index in [0.29, 0.717) is 12.3 Å².